The molecule has 102 valence electrons. The van der Waals surface area contributed by atoms with Gasteiger partial charge in [0, 0.05) is 16.8 Å². The van der Waals surface area contributed by atoms with Crippen LogP contribution < -0.4 is 10.5 Å². The van der Waals surface area contributed by atoms with Gasteiger partial charge in [-0.3, -0.25) is 0 Å². The van der Waals surface area contributed by atoms with Crippen molar-refractivity contribution in [2.24, 2.45) is 0 Å². The van der Waals surface area contributed by atoms with Crippen molar-refractivity contribution in [1.82, 2.24) is 0 Å². The minimum absolute atomic E-state index is 0.498. The zero-order valence-electron chi connectivity index (χ0n) is 11.0. The Morgan fingerprint density at radius 3 is 2.80 bits per heavy atom. The maximum absolute atomic E-state index is 8.99. The lowest BCUT2D eigenvalue weighted by molar-refractivity contribution is 0.310. The molecule has 2 N–H and O–H groups in total. The van der Waals surface area contributed by atoms with E-state index in [1.54, 1.807) is 18.2 Å². The van der Waals surface area contributed by atoms with Crippen molar-refractivity contribution < 1.29 is 4.74 Å². The number of nitrogens with two attached hydrogens (primary N) is 1. The Morgan fingerprint density at radius 2 is 2.05 bits per heavy atom. The Balaban J connectivity index is 1.87. The van der Waals surface area contributed by atoms with E-state index in [4.69, 9.17) is 27.3 Å². The topological polar surface area (TPSA) is 59.0 Å². The summed E-state index contributed by atoms with van der Waals surface area (Å²) in [6, 6.07) is 14.9. The van der Waals surface area contributed by atoms with Gasteiger partial charge in [-0.1, -0.05) is 23.7 Å². The summed E-state index contributed by atoms with van der Waals surface area (Å²) in [5, 5.41) is 9.55. The van der Waals surface area contributed by atoms with E-state index in [0.717, 1.165) is 18.5 Å². The molecule has 0 fully saturated rings. The van der Waals surface area contributed by atoms with Crippen LogP contribution in [0.5, 0.6) is 5.75 Å². The molecule has 20 heavy (non-hydrogen) atoms. The lowest BCUT2D eigenvalue weighted by Gasteiger charge is -2.08. The fraction of sp³-hybridized carbons (Fsp3) is 0.188. The highest BCUT2D eigenvalue weighted by atomic mass is 35.5. The highest BCUT2D eigenvalue weighted by Gasteiger charge is 2.04. The molecule has 0 amide bonds. The SMILES string of the molecule is N#Cc1ccc(Cl)cc1OCCCc1cccc(N)c1. The predicted molar refractivity (Wildman–Crippen MR) is 80.8 cm³/mol. The molecule has 0 heterocycles. The number of hydrogen-bond donors (Lipinski definition) is 1. The van der Waals surface area contributed by atoms with Crippen LogP contribution in [0.25, 0.3) is 0 Å². The Morgan fingerprint density at radius 1 is 1.20 bits per heavy atom. The van der Waals surface area contributed by atoms with Gasteiger partial charge in [0.25, 0.3) is 0 Å². The minimum Gasteiger partial charge on any atom is -0.492 e. The summed E-state index contributed by atoms with van der Waals surface area (Å²) in [5.74, 6) is 0.535. The number of nitrogen functional groups attached to an aromatic ring is 1. The van der Waals surface area contributed by atoms with Crippen LogP contribution in [0.15, 0.2) is 42.5 Å². The summed E-state index contributed by atoms with van der Waals surface area (Å²) < 4.78 is 5.62. The van der Waals surface area contributed by atoms with E-state index in [2.05, 4.69) is 6.07 Å². The average Bonchev–Trinajstić information content (AvgIpc) is 2.44. The number of rotatable bonds is 5. The Hall–Kier alpha value is -2.18. The summed E-state index contributed by atoms with van der Waals surface area (Å²) in [4.78, 5) is 0. The Labute approximate surface area is 123 Å². The van der Waals surface area contributed by atoms with Crippen LogP contribution in [0.1, 0.15) is 17.5 Å². The van der Waals surface area contributed by atoms with Crippen molar-refractivity contribution in [3.05, 3.63) is 58.6 Å². The molecule has 3 nitrogen and oxygen atoms in total. The van der Waals surface area contributed by atoms with Gasteiger partial charge >= 0.3 is 0 Å². The van der Waals surface area contributed by atoms with Crippen molar-refractivity contribution >= 4 is 17.3 Å². The van der Waals surface area contributed by atoms with Gasteiger partial charge in [-0.2, -0.15) is 5.26 Å². The van der Waals surface area contributed by atoms with Gasteiger partial charge in [0.1, 0.15) is 11.8 Å². The van der Waals surface area contributed by atoms with Crippen LogP contribution in [-0.4, -0.2) is 6.61 Å². The molecule has 0 radical (unpaired) electrons. The number of benzene rings is 2. The molecule has 4 heteroatoms. The molecule has 2 aromatic carbocycles. The van der Waals surface area contributed by atoms with Crippen LogP contribution in [0, 0.1) is 11.3 Å². The lowest BCUT2D eigenvalue weighted by atomic mass is 10.1. The molecule has 0 saturated carbocycles. The molecular formula is C16H15ClN2O. The summed E-state index contributed by atoms with van der Waals surface area (Å²) in [6.45, 7) is 0.532. The van der Waals surface area contributed by atoms with Gasteiger partial charge in [0.05, 0.1) is 12.2 Å². The molecule has 0 unspecified atom stereocenters. The maximum Gasteiger partial charge on any atom is 0.138 e. The first-order valence-corrected chi connectivity index (χ1v) is 6.73. The standard InChI is InChI=1S/C16H15ClN2O/c17-14-7-6-13(11-18)16(10-14)20-8-2-4-12-3-1-5-15(19)9-12/h1,3,5-7,9-10H,2,4,8,19H2. The molecule has 2 aromatic rings. The van der Waals surface area contributed by atoms with E-state index in [0.29, 0.717) is 22.9 Å². The van der Waals surface area contributed by atoms with E-state index >= 15 is 0 Å². The quantitative estimate of drug-likeness (QED) is 0.672. The number of nitrogens with zero attached hydrogens (tertiary/aromatic N) is 1. The third-order valence-corrected chi connectivity index (χ3v) is 3.12. The van der Waals surface area contributed by atoms with E-state index in [9.17, 15) is 0 Å². The molecule has 0 spiro atoms. The van der Waals surface area contributed by atoms with Gasteiger partial charge in [-0.25, -0.2) is 0 Å². The van der Waals surface area contributed by atoms with E-state index in [-0.39, 0.29) is 0 Å². The normalized spacial score (nSPS) is 10.0. The fourth-order valence-corrected chi connectivity index (χ4v) is 2.08. The Kier molecular flexibility index (Phi) is 4.86. The monoisotopic (exact) mass is 286 g/mol. The molecule has 0 aliphatic rings. The van der Waals surface area contributed by atoms with Crippen molar-refractivity contribution in [3.63, 3.8) is 0 Å². The minimum atomic E-state index is 0.498. The number of ether oxygens (including phenoxy) is 1. The van der Waals surface area contributed by atoms with Crippen LogP contribution in [0.3, 0.4) is 0 Å². The van der Waals surface area contributed by atoms with E-state index in [1.807, 2.05) is 24.3 Å². The molecule has 0 aromatic heterocycles. The predicted octanol–water partition coefficient (Wildman–Crippen LogP) is 3.81. The molecule has 0 saturated heterocycles. The smallest absolute Gasteiger partial charge is 0.138 e. The van der Waals surface area contributed by atoms with Gasteiger partial charge < -0.3 is 10.5 Å². The van der Waals surface area contributed by atoms with Crippen molar-refractivity contribution in [2.75, 3.05) is 12.3 Å². The number of anilines is 1. The number of halogens is 1. The lowest BCUT2D eigenvalue weighted by Crippen LogP contribution is -2.01. The highest BCUT2D eigenvalue weighted by Crippen LogP contribution is 2.23. The van der Waals surface area contributed by atoms with Gasteiger partial charge in [0.15, 0.2) is 0 Å². The van der Waals surface area contributed by atoms with Crippen LogP contribution in [0.2, 0.25) is 5.02 Å². The third-order valence-electron chi connectivity index (χ3n) is 2.88. The van der Waals surface area contributed by atoms with E-state index < -0.39 is 0 Å². The summed E-state index contributed by atoms with van der Waals surface area (Å²) in [6.07, 6.45) is 1.73. The molecule has 0 atom stereocenters. The highest BCUT2D eigenvalue weighted by molar-refractivity contribution is 6.30. The zero-order valence-corrected chi connectivity index (χ0v) is 11.7. The Bertz CT molecular complexity index is 635. The van der Waals surface area contributed by atoms with E-state index in [1.165, 1.54) is 5.56 Å². The fourth-order valence-electron chi connectivity index (χ4n) is 1.92. The van der Waals surface area contributed by atoms with Crippen molar-refractivity contribution in [2.45, 2.75) is 12.8 Å². The average molecular weight is 287 g/mol. The van der Waals surface area contributed by atoms with Crippen molar-refractivity contribution in [3.8, 4) is 11.8 Å². The van der Waals surface area contributed by atoms with Crippen LogP contribution in [-0.2, 0) is 6.42 Å². The second-order valence-electron chi connectivity index (χ2n) is 4.45. The number of aryl methyl sites for hydroxylation is 1. The second kappa shape index (κ2) is 6.83. The first-order chi connectivity index (χ1) is 9.69. The summed E-state index contributed by atoms with van der Waals surface area (Å²) >= 11 is 5.90. The number of hydrogen-bond acceptors (Lipinski definition) is 3. The molecular weight excluding hydrogens is 272 g/mol. The van der Waals surface area contributed by atoms with Crippen LogP contribution >= 0.6 is 11.6 Å². The summed E-state index contributed by atoms with van der Waals surface area (Å²) in [5.41, 5.74) is 8.17. The molecule has 0 aliphatic carbocycles. The van der Waals surface area contributed by atoms with Gasteiger partial charge in [-0.15, -0.1) is 0 Å². The molecule has 0 aliphatic heterocycles. The molecule has 2 rings (SSSR count). The first kappa shape index (κ1) is 14.2. The van der Waals surface area contributed by atoms with Gasteiger partial charge in [-0.05, 0) is 42.7 Å². The second-order valence-corrected chi connectivity index (χ2v) is 4.89. The molecule has 0 bridgehead atoms. The third kappa shape index (κ3) is 3.91. The maximum atomic E-state index is 8.99. The first-order valence-electron chi connectivity index (χ1n) is 6.36. The van der Waals surface area contributed by atoms with Crippen molar-refractivity contribution in [1.29, 1.82) is 5.26 Å². The van der Waals surface area contributed by atoms with Crippen LogP contribution in [0.4, 0.5) is 5.69 Å². The number of nitriles is 1. The summed E-state index contributed by atoms with van der Waals surface area (Å²) in [7, 11) is 0. The zero-order chi connectivity index (χ0) is 14.4. The van der Waals surface area contributed by atoms with Gasteiger partial charge in [0.2, 0.25) is 0 Å². The largest absolute Gasteiger partial charge is 0.492 e.